The van der Waals surface area contributed by atoms with Gasteiger partial charge in [-0.1, -0.05) is 0 Å². The lowest BCUT2D eigenvalue weighted by molar-refractivity contribution is -0.114. The van der Waals surface area contributed by atoms with Gasteiger partial charge in [-0.25, -0.2) is 4.79 Å². The number of aliphatic hydroxyl groups is 2. The number of amides is 4. The number of carbonyl (C=O) groups is 3. The van der Waals surface area contributed by atoms with Gasteiger partial charge in [0.15, 0.2) is 0 Å². The van der Waals surface area contributed by atoms with Crippen molar-refractivity contribution < 1.29 is 24.6 Å². The molecule has 0 saturated heterocycles. The van der Waals surface area contributed by atoms with Crippen LogP contribution in [0.15, 0.2) is 0 Å². The average molecular weight is 688 g/mol. The maximum Gasteiger partial charge on any atom is 0.316 e. The first-order valence-corrected chi connectivity index (χ1v) is 9.95. The molecule has 9 nitrogen and oxygen atoms in total. The zero-order valence-electron chi connectivity index (χ0n) is 12.8. The summed E-state index contributed by atoms with van der Waals surface area (Å²) in [6.45, 7) is 0.678. The van der Waals surface area contributed by atoms with Crippen LogP contribution in [0.25, 0.3) is 0 Å². The Balaban J connectivity index is 3.46. The minimum atomic E-state index is -1.10. The van der Waals surface area contributed by atoms with Gasteiger partial charge in [0.05, 0.1) is 40.4 Å². The predicted octanol–water partition coefficient (Wildman–Crippen LogP) is 1.03. The summed E-state index contributed by atoms with van der Waals surface area (Å²) in [5.74, 6) is -0.874. The molecule has 1 rings (SSSR count). The van der Waals surface area contributed by atoms with Crippen LogP contribution in [0.1, 0.15) is 17.3 Å². The van der Waals surface area contributed by atoms with Crippen LogP contribution in [0.3, 0.4) is 0 Å². The quantitative estimate of drug-likeness (QED) is 0.247. The lowest BCUT2D eigenvalue weighted by Crippen LogP contribution is -2.35. The number of aliphatic hydroxyl groups excluding tert-OH is 2. The van der Waals surface area contributed by atoms with Gasteiger partial charge in [0.1, 0.15) is 0 Å². The summed E-state index contributed by atoms with van der Waals surface area (Å²) < 4.78 is 1.41. The first-order chi connectivity index (χ1) is 11.6. The molecule has 0 fully saturated rings. The van der Waals surface area contributed by atoms with Crippen LogP contribution >= 0.6 is 67.8 Å². The fourth-order valence-corrected chi connectivity index (χ4v) is 5.94. The van der Waals surface area contributed by atoms with Crippen molar-refractivity contribution in [2.75, 3.05) is 23.8 Å². The molecule has 0 aliphatic heterocycles. The number of rotatable bonds is 6. The standard InChI is InChI=1S/C13H15I3N4O5/c1-4(22)19-10-7(14)6(12(24)18-2-5(23)3-21)8(15)11(9(10)16)20-13(17)25/h5,21,23H,2-3H2,1H3,(H,18,24)(H,19,22)(H3,17,20,25). The zero-order valence-corrected chi connectivity index (χ0v) is 19.3. The fraction of sp³-hybridized carbons (Fsp3) is 0.308. The number of anilines is 2. The van der Waals surface area contributed by atoms with E-state index in [4.69, 9.17) is 10.8 Å². The molecule has 0 bridgehead atoms. The normalized spacial score (nSPS) is 11.6. The molecular formula is C13H15I3N4O5. The third-order valence-electron chi connectivity index (χ3n) is 2.80. The smallest absolute Gasteiger partial charge is 0.316 e. The van der Waals surface area contributed by atoms with E-state index in [1.54, 1.807) is 0 Å². The summed E-state index contributed by atoms with van der Waals surface area (Å²) in [4.78, 5) is 35.3. The number of urea groups is 1. The summed E-state index contributed by atoms with van der Waals surface area (Å²) in [5.41, 5.74) is 6.06. The Morgan fingerprint density at radius 3 is 2.04 bits per heavy atom. The van der Waals surface area contributed by atoms with E-state index in [9.17, 15) is 19.5 Å². The Labute approximate surface area is 184 Å². The second-order valence-electron chi connectivity index (χ2n) is 4.78. The molecule has 0 aliphatic carbocycles. The van der Waals surface area contributed by atoms with Crippen LogP contribution in [-0.4, -0.2) is 47.3 Å². The fourth-order valence-electron chi connectivity index (χ4n) is 1.75. The lowest BCUT2D eigenvalue weighted by Gasteiger charge is -2.19. The number of nitrogens with one attached hydrogen (secondary N) is 3. The number of halogens is 3. The van der Waals surface area contributed by atoms with E-state index in [-0.39, 0.29) is 18.0 Å². The Morgan fingerprint density at radius 2 is 1.60 bits per heavy atom. The Kier molecular flexibility index (Phi) is 9.05. The highest BCUT2D eigenvalue weighted by Crippen LogP contribution is 2.38. The summed E-state index contributed by atoms with van der Waals surface area (Å²) in [5, 5.41) is 25.8. The maximum absolute atomic E-state index is 12.5. The molecule has 1 aromatic carbocycles. The van der Waals surface area contributed by atoms with E-state index in [1.165, 1.54) is 6.92 Å². The monoisotopic (exact) mass is 688 g/mol. The summed E-state index contributed by atoms with van der Waals surface area (Å²) in [6, 6.07) is -0.812. The number of primary amides is 1. The second kappa shape index (κ2) is 10.0. The molecule has 0 aliphatic rings. The number of hydrogen-bond acceptors (Lipinski definition) is 5. The Morgan fingerprint density at radius 1 is 1.08 bits per heavy atom. The summed E-state index contributed by atoms with van der Waals surface area (Å²) in [7, 11) is 0. The van der Waals surface area contributed by atoms with Crippen molar-refractivity contribution in [1.29, 1.82) is 0 Å². The molecule has 1 aromatic rings. The van der Waals surface area contributed by atoms with Crippen molar-refractivity contribution >= 4 is 97.0 Å². The molecule has 25 heavy (non-hydrogen) atoms. The molecule has 0 spiro atoms. The predicted molar refractivity (Wildman–Crippen MR) is 118 cm³/mol. The number of benzene rings is 1. The van der Waals surface area contributed by atoms with Gasteiger partial charge in [0.25, 0.3) is 5.91 Å². The molecule has 4 amide bonds. The second-order valence-corrected chi connectivity index (χ2v) is 8.02. The van der Waals surface area contributed by atoms with Gasteiger partial charge in [0.2, 0.25) is 5.91 Å². The topological polar surface area (TPSA) is 154 Å². The van der Waals surface area contributed by atoms with Gasteiger partial charge in [0, 0.05) is 13.5 Å². The van der Waals surface area contributed by atoms with Gasteiger partial charge in [-0.05, 0) is 67.8 Å². The molecular weight excluding hydrogens is 673 g/mol. The van der Waals surface area contributed by atoms with Gasteiger partial charge in [-0.2, -0.15) is 0 Å². The van der Waals surface area contributed by atoms with Crippen molar-refractivity contribution in [2.24, 2.45) is 5.73 Å². The third kappa shape index (κ3) is 6.04. The van der Waals surface area contributed by atoms with Crippen LogP contribution < -0.4 is 21.7 Å². The average Bonchev–Trinajstić information content (AvgIpc) is 2.52. The van der Waals surface area contributed by atoms with Gasteiger partial charge in [-0.15, -0.1) is 0 Å². The molecule has 12 heteroatoms. The van der Waals surface area contributed by atoms with Gasteiger partial charge >= 0.3 is 6.03 Å². The molecule has 0 aromatic heterocycles. The van der Waals surface area contributed by atoms with Crippen LogP contribution in [0.5, 0.6) is 0 Å². The molecule has 1 atom stereocenters. The van der Waals surface area contributed by atoms with Gasteiger partial charge < -0.3 is 31.9 Å². The summed E-state index contributed by atoms with van der Waals surface area (Å²) >= 11 is 5.75. The van der Waals surface area contributed by atoms with Crippen molar-refractivity contribution in [1.82, 2.24) is 5.32 Å². The lowest BCUT2D eigenvalue weighted by atomic mass is 10.1. The van der Waals surface area contributed by atoms with Crippen molar-refractivity contribution in [3.63, 3.8) is 0 Å². The maximum atomic E-state index is 12.5. The van der Waals surface area contributed by atoms with Crippen molar-refractivity contribution in [2.45, 2.75) is 13.0 Å². The molecule has 0 saturated carbocycles. The Hall–Kier alpha value is -0.460. The highest BCUT2D eigenvalue weighted by Gasteiger charge is 2.26. The molecule has 1 unspecified atom stereocenters. The number of carbonyl (C=O) groups excluding carboxylic acids is 3. The van der Waals surface area contributed by atoms with Crippen LogP contribution in [0.4, 0.5) is 16.2 Å². The number of hydrogen-bond donors (Lipinski definition) is 6. The van der Waals surface area contributed by atoms with E-state index in [0.717, 1.165) is 0 Å². The van der Waals surface area contributed by atoms with E-state index >= 15 is 0 Å². The highest BCUT2D eigenvalue weighted by atomic mass is 127. The van der Waals surface area contributed by atoms with E-state index in [1.807, 2.05) is 67.8 Å². The third-order valence-corrected chi connectivity index (χ3v) is 6.04. The SMILES string of the molecule is CC(=O)Nc1c(I)c(NC(N)=O)c(I)c(C(=O)NCC(O)CO)c1I. The van der Waals surface area contributed by atoms with Crippen LogP contribution in [0, 0.1) is 10.7 Å². The first kappa shape index (κ1) is 22.6. The van der Waals surface area contributed by atoms with Crippen LogP contribution in [-0.2, 0) is 4.79 Å². The number of nitrogens with two attached hydrogens (primary N) is 1. The van der Waals surface area contributed by atoms with Crippen molar-refractivity contribution in [3.8, 4) is 0 Å². The zero-order chi connectivity index (χ0) is 19.3. The van der Waals surface area contributed by atoms with Crippen LogP contribution in [0.2, 0.25) is 0 Å². The minimum Gasteiger partial charge on any atom is -0.394 e. The molecule has 0 radical (unpaired) electrons. The first-order valence-electron chi connectivity index (χ1n) is 6.71. The largest absolute Gasteiger partial charge is 0.394 e. The summed E-state index contributed by atoms with van der Waals surface area (Å²) in [6.07, 6.45) is -1.10. The van der Waals surface area contributed by atoms with Gasteiger partial charge in [-0.3, -0.25) is 9.59 Å². The minimum absolute atomic E-state index is 0.151. The van der Waals surface area contributed by atoms with E-state index in [0.29, 0.717) is 22.1 Å². The van der Waals surface area contributed by atoms with E-state index in [2.05, 4.69) is 16.0 Å². The highest BCUT2D eigenvalue weighted by molar-refractivity contribution is 14.1. The molecule has 138 valence electrons. The molecule has 0 heterocycles. The Bertz CT molecular complexity index is 670. The van der Waals surface area contributed by atoms with Crippen molar-refractivity contribution in [3.05, 3.63) is 16.3 Å². The molecule has 7 N–H and O–H groups in total. The van der Waals surface area contributed by atoms with E-state index < -0.39 is 24.6 Å².